The fraction of sp³-hybridized carbons (Fsp3) is 0.692. The van der Waals surface area contributed by atoms with Gasteiger partial charge in [0, 0.05) is 11.6 Å². The molecule has 1 atom stereocenters. The molecule has 0 aliphatic rings. The van der Waals surface area contributed by atoms with E-state index in [-0.39, 0.29) is 6.04 Å². The summed E-state index contributed by atoms with van der Waals surface area (Å²) in [5, 5.41) is 0. The number of hydrogen-bond donors (Lipinski definition) is 1. The summed E-state index contributed by atoms with van der Waals surface area (Å²) in [4.78, 5) is 0. The first-order chi connectivity index (χ1) is 7.02. The van der Waals surface area contributed by atoms with Gasteiger partial charge in [-0.3, -0.25) is 0 Å². The van der Waals surface area contributed by atoms with E-state index in [1.807, 2.05) is 13.8 Å². The van der Waals surface area contributed by atoms with Gasteiger partial charge in [-0.25, -0.2) is 0 Å². The van der Waals surface area contributed by atoms with E-state index >= 15 is 0 Å². The molecule has 0 aliphatic heterocycles. The van der Waals surface area contributed by atoms with E-state index < -0.39 is 0 Å². The third-order valence-electron chi connectivity index (χ3n) is 3.51. The van der Waals surface area contributed by atoms with Crippen LogP contribution >= 0.6 is 0 Å². The van der Waals surface area contributed by atoms with Crippen molar-refractivity contribution in [3.05, 3.63) is 22.6 Å². The minimum Gasteiger partial charge on any atom is -0.466 e. The van der Waals surface area contributed by atoms with Crippen LogP contribution in [0.3, 0.4) is 0 Å². The molecule has 1 unspecified atom stereocenters. The molecule has 0 saturated heterocycles. The molecule has 15 heavy (non-hydrogen) atoms. The van der Waals surface area contributed by atoms with Crippen molar-refractivity contribution < 1.29 is 4.42 Å². The summed E-state index contributed by atoms with van der Waals surface area (Å²) < 4.78 is 5.63. The molecule has 0 bridgehead atoms. The molecule has 1 aromatic rings. The summed E-state index contributed by atoms with van der Waals surface area (Å²) in [5.41, 5.74) is 8.77. The number of aryl methyl sites for hydroxylation is 2. The lowest BCUT2D eigenvalue weighted by Gasteiger charge is -2.21. The summed E-state index contributed by atoms with van der Waals surface area (Å²) in [6.45, 7) is 10.5. The van der Waals surface area contributed by atoms with E-state index in [1.54, 1.807) is 0 Å². The molecule has 0 amide bonds. The number of rotatable bonds is 4. The summed E-state index contributed by atoms with van der Waals surface area (Å²) in [6, 6.07) is 0.123. The summed E-state index contributed by atoms with van der Waals surface area (Å²) in [7, 11) is 0. The molecule has 86 valence electrons. The van der Waals surface area contributed by atoms with Gasteiger partial charge in [0.25, 0.3) is 0 Å². The first kappa shape index (κ1) is 12.3. The molecule has 0 aromatic carbocycles. The maximum atomic E-state index is 6.32. The summed E-state index contributed by atoms with van der Waals surface area (Å²) in [6.07, 6.45) is 2.25. The second kappa shape index (κ2) is 4.84. The minimum absolute atomic E-state index is 0.123. The van der Waals surface area contributed by atoms with Gasteiger partial charge < -0.3 is 10.2 Å². The van der Waals surface area contributed by atoms with Crippen LogP contribution < -0.4 is 5.73 Å². The Morgan fingerprint density at radius 2 is 1.60 bits per heavy atom. The first-order valence-electron chi connectivity index (χ1n) is 5.84. The van der Waals surface area contributed by atoms with Crippen molar-refractivity contribution in [1.82, 2.24) is 0 Å². The van der Waals surface area contributed by atoms with Crippen molar-refractivity contribution in [1.29, 1.82) is 0 Å². The van der Waals surface area contributed by atoms with Crippen molar-refractivity contribution in [3.8, 4) is 0 Å². The van der Waals surface area contributed by atoms with Crippen LogP contribution in [0.4, 0.5) is 0 Å². The van der Waals surface area contributed by atoms with E-state index in [2.05, 4.69) is 20.8 Å². The van der Waals surface area contributed by atoms with Gasteiger partial charge in [-0.05, 0) is 32.3 Å². The van der Waals surface area contributed by atoms with Crippen molar-refractivity contribution in [3.63, 3.8) is 0 Å². The third kappa shape index (κ3) is 2.25. The van der Waals surface area contributed by atoms with Gasteiger partial charge in [0.1, 0.15) is 11.5 Å². The highest BCUT2D eigenvalue weighted by atomic mass is 16.3. The lowest BCUT2D eigenvalue weighted by Crippen LogP contribution is -2.21. The SMILES string of the molecule is CCC(CC)C(N)c1c(C)oc(C)c1C. The predicted octanol–water partition coefficient (Wildman–Crippen LogP) is 3.64. The molecule has 0 saturated carbocycles. The Morgan fingerprint density at radius 3 is 1.93 bits per heavy atom. The Bertz CT molecular complexity index is 324. The quantitative estimate of drug-likeness (QED) is 0.822. The van der Waals surface area contributed by atoms with Crippen molar-refractivity contribution in [2.75, 3.05) is 0 Å². The smallest absolute Gasteiger partial charge is 0.106 e. The average molecular weight is 209 g/mol. The summed E-state index contributed by atoms with van der Waals surface area (Å²) in [5.74, 6) is 2.55. The third-order valence-corrected chi connectivity index (χ3v) is 3.51. The van der Waals surface area contributed by atoms with Crippen molar-refractivity contribution >= 4 is 0 Å². The average Bonchev–Trinajstić information content (AvgIpc) is 2.43. The Hall–Kier alpha value is -0.760. The zero-order chi connectivity index (χ0) is 11.6. The molecule has 1 aromatic heterocycles. The number of furan rings is 1. The van der Waals surface area contributed by atoms with Gasteiger partial charge in [0.05, 0.1) is 0 Å². The molecule has 1 heterocycles. The Balaban J connectivity index is 3.04. The van der Waals surface area contributed by atoms with E-state index in [9.17, 15) is 0 Å². The van der Waals surface area contributed by atoms with Gasteiger partial charge in [-0.2, -0.15) is 0 Å². The van der Waals surface area contributed by atoms with E-state index in [4.69, 9.17) is 10.2 Å². The topological polar surface area (TPSA) is 39.2 Å². The molecule has 0 spiro atoms. The van der Waals surface area contributed by atoms with Crippen molar-refractivity contribution in [2.45, 2.75) is 53.5 Å². The van der Waals surface area contributed by atoms with E-state index in [0.29, 0.717) is 5.92 Å². The van der Waals surface area contributed by atoms with Crippen molar-refractivity contribution in [2.24, 2.45) is 11.7 Å². The molecule has 1 rings (SSSR count). The zero-order valence-electron chi connectivity index (χ0n) is 10.6. The molecule has 0 aliphatic carbocycles. The highest BCUT2D eigenvalue weighted by Gasteiger charge is 2.23. The second-order valence-corrected chi connectivity index (χ2v) is 4.36. The van der Waals surface area contributed by atoms with Gasteiger partial charge in [0.2, 0.25) is 0 Å². The predicted molar refractivity (Wildman–Crippen MR) is 63.9 cm³/mol. The monoisotopic (exact) mass is 209 g/mol. The second-order valence-electron chi connectivity index (χ2n) is 4.36. The largest absolute Gasteiger partial charge is 0.466 e. The normalized spacial score (nSPS) is 13.5. The van der Waals surface area contributed by atoms with Crippen LogP contribution in [-0.4, -0.2) is 0 Å². The van der Waals surface area contributed by atoms with Crippen LogP contribution in [0.1, 0.15) is 55.4 Å². The Kier molecular flexibility index (Phi) is 3.97. The number of hydrogen-bond acceptors (Lipinski definition) is 2. The first-order valence-corrected chi connectivity index (χ1v) is 5.84. The lowest BCUT2D eigenvalue weighted by molar-refractivity contribution is 0.397. The zero-order valence-corrected chi connectivity index (χ0v) is 10.6. The highest BCUT2D eigenvalue weighted by molar-refractivity contribution is 5.34. The van der Waals surface area contributed by atoms with E-state index in [1.165, 1.54) is 11.1 Å². The van der Waals surface area contributed by atoms with Gasteiger partial charge in [0.15, 0.2) is 0 Å². The highest BCUT2D eigenvalue weighted by Crippen LogP contribution is 2.32. The Morgan fingerprint density at radius 1 is 1.07 bits per heavy atom. The maximum absolute atomic E-state index is 6.32. The molecule has 2 N–H and O–H groups in total. The lowest BCUT2D eigenvalue weighted by atomic mass is 9.88. The van der Waals surface area contributed by atoms with Crippen LogP contribution in [0, 0.1) is 26.7 Å². The van der Waals surface area contributed by atoms with Crippen LogP contribution in [0.25, 0.3) is 0 Å². The molecule has 0 fully saturated rings. The molecule has 2 nitrogen and oxygen atoms in total. The molecule has 0 radical (unpaired) electrons. The van der Waals surface area contributed by atoms with Gasteiger partial charge in [-0.1, -0.05) is 26.7 Å². The molecule has 2 heteroatoms. The molecular formula is C13H23NO. The van der Waals surface area contributed by atoms with E-state index in [0.717, 1.165) is 24.4 Å². The fourth-order valence-electron chi connectivity index (χ4n) is 2.33. The van der Waals surface area contributed by atoms with Crippen LogP contribution in [0.2, 0.25) is 0 Å². The maximum Gasteiger partial charge on any atom is 0.106 e. The Labute approximate surface area is 92.9 Å². The molecular weight excluding hydrogens is 186 g/mol. The standard InChI is InChI=1S/C13H23NO/c1-6-11(7-2)13(14)12-8(3)9(4)15-10(12)5/h11,13H,6-7,14H2,1-5H3. The minimum atomic E-state index is 0.123. The van der Waals surface area contributed by atoms with Crippen LogP contribution in [0.5, 0.6) is 0 Å². The van der Waals surface area contributed by atoms with Gasteiger partial charge >= 0.3 is 0 Å². The van der Waals surface area contributed by atoms with Gasteiger partial charge in [-0.15, -0.1) is 0 Å². The van der Waals surface area contributed by atoms with Crippen LogP contribution in [-0.2, 0) is 0 Å². The van der Waals surface area contributed by atoms with Crippen LogP contribution in [0.15, 0.2) is 4.42 Å². The number of nitrogens with two attached hydrogens (primary N) is 1. The fourth-order valence-corrected chi connectivity index (χ4v) is 2.33. The summed E-state index contributed by atoms with van der Waals surface area (Å²) >= 11 is 0.